The molecule has 1 amide bonds. The number of nitrogens with zero attached hydrogens (tertiary/aromatic N) is 1. The Labute approximate surface area is 126 Å². The first-order valence-electron chi connectivity index (χ1n) is 6.50. The lowest BCUT2D eigenvalue weighted by molar-refractivity contribution is -0.137. The number of thiazole rings is 1. The third kappa shape index (κ3) is 3.88. The van der Waals surface area contributed by atoms with Crippen LogP contribution >= 0.6 is 11.3 Å². The number of amides is 1. The number of carboxylic acids is 1. The van der Waals surface area contributed by atoms with Gasteiger partial charge in [-0.3, -0.25) is 9.59 Å². The van der Waals surface area contributed by atoms with E-state index in [9.17, 15) is 9.59 Å². The van der Waals surface area contributed by atoms with E-state index in [-0.39, 0.29) is 18.2 Å². The number of hydrogen-bond donors (Lipinski definition) is 2. The van der Waals surface area contributed by atoms with E-state index in [0.29, 0.717) is 16.3 Å². The number of nitrogens with one attached hydrogen (secondary N) is 1. The lowest BCUT2D eigenvalue weighted by Crippen LogP contribution is -2.11. The summed E-state index contributed by atoms with van der Waals surface area (Å²) in [6.45, 7) is 3.66. The van der Waals surface area contributed by atoms with Crippen LogP contribution in [0.15, 0.2) is 29.8 Å². The maximum atomic E-state index is 12.0. The molecule has 0 fully saturated rings. The molecule has 0 bridgehead atoms. The van der Waals surface area contributed by atoms with Gasteiger partial charge in [-0.05, 0) is 30.5 Å². The zero-order valence-corrected chi connectivity index (χ0v) is 12.6. The SMILES string of the molecule is Cc1ncsc1C(=O)Nc1ccc(C(C)CC(=O)O)cc1. The predicted octanol–water partition coefficient (Wildman–Crippen LogP) is 3.28. The summed E-state index contributed by atoms with van der Waals surface area (Å²) in [5, 5.41) is 11.6. The summed E-state index contributed by atoms with van der Waals surface area (Å²) in [5.74, 6) is -1.06. The molecule has 0 radical (unpaired) electrons. The van der Waals surface area contributed by atoms with Crippen molar-refractivity contribution in [2.75, 3.05) is 5.32 Å². The number of benzene rings is 1. The number of aliphatic carboxylic acids is 1. The van der Waals surface area contributed by atoms with Crippen molar-refractivity contribution in [3.8, 4) is 0 Å². The highest BCUT2D eigenvalue weighted by Crippen LogP contribution is 2.22. The topological polar surface area (TPSA) is 79.3 Å². The summed E-state index contributed by atoms with van der Waals surface area (Å²) in [4.78, 5) is 27.4. The molecule has 21 heavy (non-hydrogen) atoms. The molecule has 1 aromatic heterocycles. The number of anilines is 1. The van der Waals surface area contributed by atoms with Gasteiger partial charge in [-0.25, -0.2) is 4.98 Å². The van der Waals surface area contributed by atoms with Crippen LogP contribution in [0, 0.1) is 6.92 Å². The molecule has 0 saturated carbocycles. The average Bonchev–Trinajstić information content (AvgIpc) is 2.85. The summed E-state index contributed by atoms with van der Waals surface area (Å²) in [5.41, 5.74) is 3.97. The van der Waals surface area contributed by atoms with Gasteiger partial charge >= 0.3 is 5.97 Å². The monoisotopic (exact) mass is 304 g/mol. The molecule has 0 saturated heterocycles. The van der Waals surface area contributed by atoms with Gasteiger partial charge in [0.25, 0.3) is 5.91 Å². The molecule has 0 aliphatic heterocycles. The molecule has 2 N–H and O–H groups in total. The predicted molar refractivity (Wildman–Crippen MR) is 81.9 cm³/mol. The van der Waals surface area contributed by atoms with Crippen molar-refractivity contribution in [1.82, 2.24) is 4.98 Å². The smallest absolute Gasteiger partial charge is 0.303 e. The van der Waals surface area contributed by atoms with Crippen molar-refractivity contribution in [3.05, 3.63) is 45.9 Å². The number of rotatable bonds is 5. The van der Waals surface area contributed by atoms with Crippen molar-refractivity contribution in [1.29, 1.82) is 0 Å². The number of carboxylic acid groups (broad SMARTS) is 1. The number of aromatic nitrogens is 1. The van der Waals surface area contributed by atoms with Crippen LogP contribution in [0.5, 0.6) is 0 Å². The zero-order chi connectivity index (χ0) is 15.4. The highest BCUT2D eigenvalue weighted by atomic mass is 32.1. The van der Waals surface area contributed by atoms with Gasteiger partial charge in [-0.1, -0.05) is 19.1 Å². The van der Waals surface area contributed by atoms with Crippen LogP contribution in [0.4, 0.5) is 5.69 Å². The average molecular weight is 304 g/mol. The molecule has 1 heterocycles. The van der Waals surface area contributed by atoms with Gasteiger partial charge in [0.15, 0.2) is 0 Å². The van der Waals surface area contributed by atoms with Crippen LogP contribution in [-0.4, -0.2) is 22.0 Å². The third-order valence-electron chi connectivity index (χ3n) is 3.17. The maximum absolute atomic E-state index is 12.0. The highest BCUT2D eigenvalue weighted by molar-refractivity contribution is 7.12. The summed E-state index contributed by atoms with van der Waals surface area (Å²) in [6.07, 6.45) is 0.0891. The largest absolute Gasteiger partial charge is 0.481 e. The van der Waals surface area contributed by atoms with E-state index in [0.717, 1.165) is 5.56 Å². The molecular formula is C15H16N2O3S. The first-order valence-corrected chi connectivity index (χ1v) is 7.38. The van der Waals surface area contributed by atoms with E-state index in [1.807, 2.05) is 19.1 Å². The van der Waals surface area contributed by atoms with E-state index in [2.05, 4.69) is 10.3 Å². The standard InChI is InChI=1S/C15H16N2O3S/c1-9(7-13(18)19)11-3-5-12(6-4-11)17-15(20)14-10(2)16-8-21-14/h3-6,8-9H,7H2,1-2H3,(H,17,20)(H,18,19). The second-order valence-corrected chi connectivity index (χ2v) is 5.70. The van der Waals surface area contributed by atoms with Gasteiger partial charge in [0.05, 0.1) is 17.6 Å². The second kappa shape index (κ2) is 6.49. The van der Waals surface area contributed by atoms with Crippen LogP contribution in [0.3, 0.4) is 0 Å². The van der Waals surface area contributed by atoms with Gasteiger partial charge in [-0.2, -0.15) is 0 Å². The lowest BCUT2D eigenvalue weighted by Gasteiger charge is -2.10. The molecule has 1 atom stereocenters. The van der Waals surface area contributed by atoms with Crippen LogP contribution in [0.1, 0.15) is 40.2 Å². The fourth-order valence-electron chi connectivity index (χ4n) is 1.98. The Kier molecular flexibility index (Phi) is 4.70. The number of aryl methyl sites for hydroxylation is 1. The Hall–Kier alpha value is -2.21. The van der Waals surface area contributed by atoms with Gasteiger partial charge in [0.1, 0.15) is 4.88 Å². The minimum Gasteiger partial charge on any atom is -0.481 e. The summed E-state index contributed by atoms with van der Waals surface area (Å²) >= 11 is 1.30. The molecular weight excluding hydrogens is 288 g/mol. The number of carbonyl (C=O) groups is 2. The van der Waals surface area contributed by atoms with Crippen LogP contribution in [-0.2, 0) is 4.79 Å². The molecule has 0 spiro atoms. The van der Waals surface area contributed by atoms with E-state index >= 15 is 0 Å². The van der Waals surface area contributed by atoms with Gasteiger partial charge in [0, 0.05) is 5.69 Å². The Morgan fingerprint density at radius 2 is 2.00 bits per heavy atom. The Balaban J connectivity index is 2.04. The maximum Gasteiger partial charge on any atom is 0.303 e. The minimum absolute atomic E-state index is 0.0593. The first kappa shape index (κ1) is 15.2. The van der Waals surface area contributed by atoms with Gasteiger partial charge < -0.3 is 10.4 Å². The molecule has 0 aliphatic rings. The van der Waals surface area contributed by atoms with Crippen LogP contribution in [0.2, 0.25) is 0 Å². The van der Waals surface area contributed by atoms with Crippen molar-refractivity contribution in [2.24, 2.45) is 0 Å². The van der Waals surface area contributed by atoms with E-state index < -0.39 is 5.97 Å². The van der Waals surface area contributed by atoms with E-state index in [4.69, 9.17) is 5.11 Å². The summed E-state index contributed by atoms with van der Waals surface area (Å²) in [7, 11) is 0. The first-order chi connectivity index (χ1) is 9.97. The van der Waals surface area contributed by atoms with Crippen molar-refractivity contribution in [3.63, 3.8) is 0 Å². The van der Waals surface area contributed by atoms with E-state index in [1.54, 1.807) is 24.6 Å². The van der Waals surface area contributed by atoms with Crippen molar-refractivity contribution < 1.29 is 14.7 Å². The number of hydrogen-bond acceptors (Lipinski definition) is 4. The van der Waals surface area contributed by atoms with Crippen molar-refractivity contribution in [2.45, 2.75) is 26.2 Å². The summed E-state index contributed by atoms with van der Waals surface area (Å²) < 4.78 is 0. The molecule has 1 aromatic carbocycles. The highest BCUT2D eigenvalue weighted by Gasteiger charge is 2.13. The molecule has 0 aliphatic carbocycles. The third-order valence-corrected chi connectivity index (χ3v) is 4.10. The molecule has 2 aromatic rings. The van der Waals surface area contributed by atoms with Gasteiger partial charge in [0.2, 0.25) is 0 Å². The number of carbonyl (C=O) groups excluding carboxylic acids is 1. The minimum atomic E-state index is -0.819. The van der Waals surface area contributed by atoms with Crippen LogP contribution < -0.4 is 5.32 Å². The molecule has 6 heteroatoms. The molecule has 110 valence electrons. The fourth-order valence-corrected chi connectivity index (χ4v) is 2.68. The second-order valence-electron chi connectivity index (χ2n) is 4.84. The fraction of sp³-hybridized carbons (Fsp3) is 0.267. The van der Waals surface area contributed by atoms with Crippen molar-refractivity contribution >= 4 is 28.9 Å². The quantitative estimate of drug-likeness (QED) is 0.888. The Morgan fingerprint density at radius 1 is 1.33 bits per heavy atom. The Bertz CT molecular complexity index is 649. The Morgan fingerprint density at radius 3 is 2.52 bits per heavy atom. The van der Waals surface area contributed by atoms with E-state index in [1.165, 1.54) is 11.3 Å². The molecule has 2 rings (SSSR count). The summed E-state index contributed by atoms with van der Waals surface area (Å²) in [6, 6.07) is 7.23. The van der Waals surface area contributed by atoms with Gasteiger partial charge in [-0.15, -0.1) is 11.3 Å². The molecule has 5 nitrogen and oxygen atoms in total. The normalized spacial score (nSPS) is 11.9. The zero-order valence-electron chi connectivity index (χ0n) is 11.8. The van der Waals surface area contributed by atoms with Crippen LogP contribution in [0.25, 0.3) is 0 Å². The lowest BCUT2D eigenvalue weighted by atomic mass is 9.98. The molecule has 1 unspecified atom stereocenters.